The highest BCUT2D eigenvalue weighted by molar-refractivity contribution is 5.61. The zero-order valence-corrected chi connectivity index (χ0v) is 4.83. The molecule has 0 saturated heterocycles. The lowest BCUT2D eigenvalue weighted by atomic mass is 10.2. The fourth-order valence-corrected chi connectivity index (χ4v) is 0.647. The number of hydrazone groups is 1. The lowest BCUT2D eigenvalue weighted by Gasteiger charge is -2.10. The molecule has 0 saturated carbocycles. The minimum Gasteiger partial charge on any atom is -0.252 e. The molecule has 8 heavy (non-hydrogen) atoms. The first kappa shape index (κ1) is 5.53. The maximum Gasteiger partial charge on any atom is 0.0622 e. The predicted octanol–water partition coefficient (Wildman–Crippen LogP) is -0.698. The van der Waals surface area contributed by atoms with Crippen molar-refractivity contribution in [3.63, 3.8) is 0 Å². The van der Waals surface area contributed by atoms with E-state index >= 15 is 0 Å². The Labute approximate surface area is 48.3 Å². The first-order valence-electron chi connectivity index (χ1n) is 2.61. The molecule has 0 radical (unpaired) electrons. The monoisotopic (exact) mass is 114 g/mol. The highest BCUT2D eigenvalue weighted by Gasteiger charge is 2.09. The molecule has 0 aromatic carbocycles. The Hall–Kier alpha value is -0.610. The average Bonchev–Trinajstić information content (AvgIpc) is 2.14. The maximum absolute atomic E-state index is 5.06. The van der Waals surface area contributed by atoms with E-state index in [0.717, 1.165) is 6.54 Å². The molecular formula is C4H10N4. The molecule has 0 bridgehead atoms. The molecule has 1 aliphatic heterocycles. The van der Waals surface area contributed by atoms with Gasteiger partial charge in [-0.15, -0.1) is 0 Å². The molecular weight excluding hydrogens is 104 g/mol. The van der Waals surface area contributed by atoms with Crippen LogP contribution in [0.4, 0.5) is 0 Å². The van der Waals surface area contributed by atoms with Crippen LogP contribution in [0.5, 0.6) is 0 Å². The van der Waals surface area contributed by atoms with Crippen LogP contribution in [0.3, 0.4) is 0 Å². The summed E-state index contributed by atoms with van der Waals surface area (Å²) in [5, 5.41) is 5.51. The van der Waals surface area contributed by atoms with E-state index in [9.17, 15) is 0 Å². The third kappa shape index (κ3) is 0.962. The van der Waals surface area contributed by atoms with Crippen LogP contribution in [0.25, 0.3) is 0 Å². The fourth-order valence-electron chi connectivity index (χ4n) is 0.647. The summed E-state index contributed by atoms with van der Waals surface area (Å²) in [4.78, 5) is 0. The second kappa shape index (κ2) is 2.11. The van der Waals surface area contributed by atoms with Gasteiger partial charge in [0.1, 0.15) is 0 Å². The third-order valence-corrected chi connectivity index (χ3v) is 1.07. The third-order valence-electron chi connectivity index (χ3n) is 1.07. The maximum atomic E-state index is 5.06. The van der Waals surface area contributed by atoms with Gasteiger partial charge in [0.05, 0.1) is 6.54 Å². The normalized spacial score (nSPS) is 27.2. The highest BCUT2D eigenvalue weighted by Crippen LogP contribution is 2.01. The number of nitrogens with zero attached hydrogens (tertiary/aromatic N) is 2. The molecule has 1 aliphatic rings. The van der Waals surface area contributed by atoms with Gasteiger partial charge in [-0.05, 0) is 0 Å². The van der Waals surface area contributed by atoms with Gasteiger partial charge in [-0.2, -0.15) is 10.6 Å². The van der Waals surface area contributed by atoms with Gasteiger partial charge < -0.3 is 0 Å². The van der Waals surface area contributed by atoms with Crippen LogP contribution < -0.4 is 11.4 Å². The van der Waals surface area contributed by atoms with Gasteiger partial charge in [0.25, 0.3) is 0 Å². The van der Waals surface area contributed by atoms with E-state index in [1.165, 1.54) is 0 Å². The van der Waals surface area contributed by atoms with Crippen molar-refractivity contribution >= 4 is 6.21 Å². The van der Waals surface area contributed by atoms with E-state index in [2.05, 4.69) is 17.6 Å². The van der Waals surface area contributed by atoms with Gasteiger partial charge in [0.15, 0.2) is 0 Å². The summed E-state index contributed by atoms with van der Waals surface area (Å²) in [6.45, 7) is 2.96. The standard InChI is InChI=1S/C4H10N4/c1-4-2-6-8(3-4)7-5/h2,4,7H,3,5H2,1H3. The first-order chi connectivity index (χ1) is 3.83. The Bertz CT molecular complexity index is 100. The molecule has 0 aromatic rings. The number of nitrogens with one attached hydrogen (secondary N) is 1. The van der Waals surface area contributed by atoms with Gasteiger partial charge in [-0.1, -0.05) is 6.92 Å². The number of hydrazine groups is 2. The summed E-state index contributed by atoms with van der Waals surface area (Å²) in [5.74, 6) is 5.58. The van der Waals surface area contributed by atoms with Crippen molar-refractivity contribution in [1.29, 1.82) is 0 Å². The average molecular weight is 114 g/mol. The molecule has 46 valence electrons. The molecule has 4 heteroatoms. The lowest BCUT2D eigenvalue weighted by Crippen LogP contribution is -2.38. The molecule has 0 spiro atoms. The summed E-state index contributed by atoms with van der Waals surface area (Å²) in [5.41, 5.74) is 2.43. The summed E-state index contributed by atoms with van der Waals surface area (Å²) < 4.78 is 0. The van der Waals surface area contributed by atoms with Gasteiger partial charge in [0, 0.05) is 12.1 Å². The largest absolute Gasteiger partial charge is 0.252 e. The highest BCUT2D eigenvalue weighted by atomic mass is 15.8. The smallest absolute Gasteiger partial charge is 0.0622 e. The summed E-state index contributed by atoms with van der Waals surface area (Å²) in [7, 11) is 0. The Balaban J connectivity index is 2.34. The van der Waals surface area contributed by atoms with Crippen molar-refractivity contribution in [2.24, 2.45) is 16.9 Å². The van der Waals surface area contributed by atoms with Crippen LogP contribution >= 0.6 is 0 Å². The summed E-state index contributed by atoms with van der Waals surface area (Å²) in [6.07, 6.45) is 1.86. The van der Waals surface area contributed by atoms with Crippen LogP contribution in [-0.2, 0) is 0 Å². The van der Waals surface area contributed by atoms with Crippen molar-refractivity contribution in [1.82, 2.24) is 10.7 Å². The van der Waals surface area contributed by atoms with Crippen molar-refractivity contribution in [3.05, 3.63) is 0 Å². The molecule has 0 aromatic heterocycles. The number of hydrogen-bond donors (Lipinski definition) is 2. The van der Waals surface area contributed by atoms with Gasteiger partial charge in [0.2, 0.25) is 0 Å². The molecule has 3 N–H and O–H groups in total. The minimum absolute atomic E-state index is 0.519. The van der Waals surface area contributed by atoms with Crippen LogP contribution in [0.1, 0.15) is 6.92 Å². The quantitative estimate of drug-likeness (QED) is 0.350. The Morgan fingerprint density at radius 1 is 2.00 bits per heavy atom. The zero-order chi connectivity index (χ0) is 5.98. The zero-order valence-electron chi connectivity index (χ0n) is 4.83. The van der Waals surface area contributed by atoms with Crippen LogP contribution in [0, 0.1) is 5.92 Å². The Kier molecular flexibility index (Phi) is 1.45. The van der Waals surface area contributed by atoms with E-state index in [0.29, 0.717) is 5.92 Å². The number of hydrogen-bond acceptors (Lipinski definition) is 4. The van der Waals surface area contributed by atoms with Crippen LogP contribution in [0.15, 0.2) is 5.10 Å². The van der Waals surface area contributed by atoms with E-state index in [-0.39, 0.29) is 0 Å². The molecule has 1 rings (SSSR count). The first-order valence-corrected chi connectivity index (χ1v) is 2.61. The van der Waals surface area contributed by atoms with Crippen molar-refractivity contribution in [3.8, 4) is 0 Å². The number of nitrogens with two attached hydrogens (primary N) is 1. The fraction of sp³-hybridized carbons (Fsp3) is 0.750. The molecule has 0 fully saturated rings. The van der Waals surface area contributed by atoms with Gasteiger partial charge in [-0.3, -0.25) is 5.84 Å². The SMILES string of the molecule is CC1C=NN(NN)C1. The van der Waals surface area contributed by atoms with Gasteiger partial charge >= 0.3 is 0 Å². The summed E-state index contributed by atoms with van der Waals surface area (Å²) in [6, 6.07) is 0. The van der Waals surface area contributed by atoms with E-state index < -0.39 is 0 Å². The van der Waals surface area contributed by atoms with Crippen molar-refractivity contribution in [2.75, 3.05) is 6.54 Å². The van der Waals surface area contributed by atoms with E-state index in [1.54, 1.807) is 5.12 Å². The second-order valence-electron chi connectivity index (χ2n) is 1.95. The number of rotatable bonds is 1. The second-order valence-corrected chi connectivity index (χ2v) is 1.95. The minimum atomic E-state index is 0.519. The van der Waals surface area contributed by atoms with Crippen LogP contribution in [-0.4, -0.2) is 17.9 Å². The Morgan fingerprint density at radius 2 is 2.75 bits per heavy atom. The van der Waals surface area contributed by atoms with Crippen molar-refractivity contribution < 1.29 is 0 Å². The van der Waals surface area contributed by atoms with Gasteiger partial charge in [-0.25, -0.2) is 5.12 Å². The Morgan fingerprint density at radius 3 is 3.00 bits per heavy atom. The molecule has 1 atom stereocenters. The van der Waals surface area contributed by atoms with E-state index in [1.807, 2.05) is 6.21 Å². The van der Waals surface area contributed by atoms with Crippen LogP contribution in [0.2, 0.25) is 0 Å². The van der Waals surface area contributed by atoms with E-state index in [4.69, 9.17) is 5.84 Å². The lowest BCUT2D eigenvalue weighted by molar-refractivity contribution is 0.209. The molecule has 0 aliphatic carbocycles. The molecule has 1 unspecified atom stereocenters. The molecule has 4 nitrogen and oxygen atoms in total. The topological polar surface area (TPSA) is 53.6 Å². The van der Waals surface area contributed by atoms with Crippen molar-refractivity contribution in [2.45, 2.75) is 6.92 Å². The summed E-state index contributed by atoms with van der Waals surface area (Å²) >= 11 is 0. The molecule has 1 heterocycles. The molecule has 0 amide bonds. The predicted molar refractivity (Wildman–Crippen MR) is 31.7 cm³/mol.